The third kappa shape index (κ3) is 4.30. The van der Waals surface area contributed by atoms with Gasteiger partial charge >= 0.3 is 0 Å². The number of likely N-dealkylation sites (N-methyl/N-ethyl adjacent to an activating group) is 1. The molecule has 3 N–H and O–H groups in total. The monoisotopic (exact) mass is 452 g/mol. The highest BCUT2D eigenvalue weighted by molar-refractivity contribution is 5.99. The molecule has 0 radical (unpaired) electrons. The minimum atomic E-state index is -0.468. The van der Waals surface area contributed by atoms with Crippen molar-refractivity contribution in [2.75, 3.05) is 38.1 Å². The maximum Gasteiger partial charge on any atom is 0.241 e. The average molecular weight is 453 g/mol. The fourth-order valence-electron chi connectivity index (χ4n) is 4.55. The molecule has 2 aromatic heterocycles. The first-order valence-corrected chi connectivity index (χ1v) is 11.4. The van der Waals surface area contributed by atoms with E-state index in [1.165, 1.54) is 11.8 Å². The second-order valence-electron chi connectivity index (χ2n) is 8.78. The topological polar surface area (TPSA) is 91.1 Å². The summed E-state index contributed by atoms with van der Waals surface area (Å²) in [5, 5.41) is 0.931. The number of allylic oxidation sites excluding steroid dienone is 1. The Balaban J connectivity index is 1.51. The highest BCUT2D eigenvalue weighted by atomic mass is 16.1. The lowest BCUT2D eigenvalue weighted by atomic mass is 9.96. The van der Waals surface area contributed by atoms with Gasteiger partial charge in [-0.15, -0.1) is 0 Å². The number of aromatic amines is 1. The van der Waals surface area contributed by atoms with Gasteiger partial charge in [-0.2, -0.15) is 0 Å². The van der Waals surface area contributed by atoms with Gasteiger partial charge in [0.1, 0.15) is 12.0 Å². The van der Waals surface area contributed by atoms with E-state index >= 15 is 0 Å². The molecule has 1 amide bonds. The number of nitrogens with two attached hydrogens (primary N) is 1. The molecule has 34 heavy (non-hydrogen) atoms. The van der Waals surface area contributed by atoms with E-state index in [1.54, 1.807) is 6.33 Å². The normalized spacial score (nSPS) is 15.1. The third-order valence-electron chi connectivity index (χ3n) is 6.44. The molecule has 1 fully saturated rings. The van der Waals surface area contributed by atoms with E-state index in [2.05, 4.69) is 62.1 Å². The minimum Gasteiger partial charge on any atom is -0.369 e. The quantitative estimate of drug-likeness (QED) is 0.448. The smallest absolute Gasteiger partial charge is 0.241 e. The van der Waals surface area contributed by atoms with E-state index in [-0.39, 0.29) is 0 Å². The Morgan fingerprint density at radius 2 is 1.76 bits per heavy atom. The summed E-state index contributed by atoms with van der Waals surface area (Å²) in [6.45, 7) is 6.14. The van der Waals surface area contributed by atoms with Crippen LogP contribution in [0.1, 0.15) is 12.5 Å². The van der Waals surface area contributed by atoms with E-state index in [0.717, 1.165) is 70.9 Å². The zero-order valence-corrected chi connectivity index (χ0v) is 19.5. The molecule has 0 aliphatic carbocycles. The molecular weight excluding hydrogens is 424 g/mol. The molecule has 172 valence electrons. The molecule has 1 aliphatic rings. The van der Waals surface area contributed by atoms with Crippen LogP contribution in [0.4, 0.5) is 5.69 Å². The third-order valence-corrected chi connectivity index (χ3v) is 6.44. The van der Waals surface area contributed by atoms with Crippen LogP contribution in [0.5, 0.6) is 0 Å². The number of carbonyl (C=O) groups is 1. The number of H-pyrrole nitrogens is 1. The molecule has 7 heteroatoms. The number of amides is 1. The van der Waals surface area contributed by atoms with Crippen molar-refractivity contribution in [2.45, 2.75) is 6.92 Å². The van der Waals surface area contributed by atoms with Crippen LogP contribution >= 0.6 is 0 Å². The first kappa shape index (κ1) is 21.9. The molecule has 5 rings (SSSR count). The fraction of sp³-hybridized carbons (Fsp3) is 0.222. The van der Waals surface area contributed by atoms with Gasteiger partial charge in [0.15, 0.2) is 0 Å². The molecule has 4 aromatic rings. The standard InChI is InChI=1S/C27H28N6O/c1-18(15-25(28)34)21-5-3-4-6-22(21)26-23-16-24(31-27(23)30-17-29-26)19-7-9-20(10-8-19)33-13-11-32(2)12-14-33/h3-10,15-17H,11-14H2,1-2H3,(H2,28,34)(H,29,30,31). The Hall–Kier alpha value is -3.97. The van der Waals surface area contributed by atoms with Crippen molar-refractivity contribution in [2.24, 2.45) is 5.73 Å². The first-order chi connectivity index (χ1) is 16.5. The molecule has 0 bridgehead atoms. The summed E-state index contributed by atoms with van der Waals surface area (Å²) < 4.78 is 0. The number of nitrogens with one attached hydrogen (secondary N) is 1. The van der Waals surface area contributed by atoms with Crippen LogP contribution in [0.2, 0.25) is 0 Å². The SMILES string of the molecule is CC(=CC(N)=O)c1ccccc1-c1ncnc2[nH]c(-c3ccc(N4CCN(C)CC4)cc3)cc12. The molecule has 2 aromatic carbocycles. The predicted octanol–water partition coefficient (Wildman–Crippen LogP) is 3.93. The Labute approximate surface area is 198 Å². The first-order valence-electron chi connectivity index (χ1n) is 11.4. The number of benzene rings is 2. The maximum atomic E-state index is 11.5. The summed E-state index contributed by atoms with van der Waals surface area (Å²) in [5.41, 5.74) is 13.0. The summed E-state index contributed by atoms with van der Waals surface area (Å²) in [6.07, 6.45) is 3.01. The minimum absolute atomic E-state index is 0.468. The van der Waals surface area contributed by atoms with E-state index in [4.69, 9.17) is 5.73 Å². The van der Waals surface area contributed by atoms with Gasteiger partial charge in [0.25, 0.3) is 0 Å². The lowest BCUT2D eigenvalue weighted by Gasteiger charge is -2.34. The Bertz CT molecular complexity index is 1360. The van der Waals surface area contributed by atoms with E-state index in [1.807, 2.05) is 31.2 Å². The molecule has 3 heterocycles. The number of piperazine rings is 1. The van der Waals surface area contributed by atoms with Crippen molar-refractivity contribution in [3.05, 3.63) is 72.6 Å². The van der Waals surface area contributed by atoms with Crippen LogP contribution in [-0.2, 0) is 4.79 Å². The molecule has 7 nitrogen and oxygen atoms in total. The number of carbonyl (C=O) groups excluding carboxylic acids is 1. The highest BCUT2D eigenvalue weighted by Crippen LogP contribution is 2.34. The lowest BCUT2D eigenvalue weighted by molar-refractivity contribution is -0.113. The van der Waals surface area contributed by atoms with Gasteiger partial charge in [0, 0.05) is 54.6 Å². The number of fused-ring (bicyclic) bond motifs is 1. The van der Waals surface area contributed by atoms with E-state index in [9.17, 15) is 4.79 Å². The number of nitrogens with zero attached hydrogens (tertiary/aromatic N) is 4. The number of hydrogen-bond acceptors (Lipinski definition) is 5. The number of aromatic nitrogens is 3. The zero-order chi connectivity index (χ0) is 23.7. The molecule has 0 saturated carbocycles. The number of primary amides is 1. The predicted molar refractivity (Wildman–Crippen MR) is 137 cm³/mol. The Kier molecular flexibility index (Phi) is 5.86. The van der Waals surface area contributed by atoms with Crippen molar-refractivity contribution in [3.8, 4) is 22.5 Å². The molecular formula is C27H28N6O. The Morgan fingerprint density at radius 3 is 2.50 bits per heavy atom. The molecule has 0 unspecified atom stereocenters. The summed E-state index contributed by atoms with van der Waals surface area (Å²) in [7, 11) is 2.17. The molecule has 0 spiro atoms. The van der Waals surface area contributed by atoms with Crippen LogP contribution in [0.3, 0.4) is 0 Å². The van der Waals surface area contributed by atoms with Crippen LogP contribution in [0.15, 0.2) is 67.0 Å². The van der Waals surface area contributed by atoms with Crippen molar-refractivity contribution in [3.63, 3.8) is 0 Å². The van der Waals surface area contributed by atoms with E-state index in [0.29, 0.717) is 0 Å². The van der Waals surface area contributed by atoms with Crippen molar-refractivity contribution in [1.82, 2.24) is 19.9 Å². The summed E-state index contributed by atoms with van der Waals surface area (Å²) >= 11 is 0. The fourth-order valence-corrected chi connectivity index (χ4v) is 4.55. The van der Waals surface area contributed by atoms with Crippen molar-refractivity contribution in [1.29, 1.82) is 0 Å². The van der Waals surface area contributed by atoms with Crippen LogP contribution in [0.25, 0.3) is 39.1 Å². The number of rotatable bonds is 5. The van der Waals surface area contributed by atoms with Crippen LogP contribution in [-0.4, -0.2) is 59.0 Å². The molecule has 1 aliphatic heterocycles. The van der Waals surface area contributed by atoms with Gasteiger partial charge in [0.05, 0.1) is 5.69 Å². The molecule has 1 saturated heterocycles. The highest BCUT2D eigenvalue weighted by Gasteiger charge is 2.16. The van der Waals surface area contributed by atoms with E-state index < -0.39 is 5.91 Å². The van der Waals surface area contributed by atoms with Crippen LogP contribution < -0.4 is 10.6 Å². The number of anilines is 1. The summed E-state index contributed by atoms with van der Waals surface area (Å²) in [5.74, 6) is -0.468. The number of hydrogen-bond donors (Lipinski definition) is 2. The van der Waals surface area contributed by atoms with Gasteiger partial charge in [-0.05, 0) is 48.9 Å². The largest absolute Gasteiger partial charge is 0.369 e. The lowest BCUT2D eigenvalue weighted by Crippen LogP contribution is -2.44. The zero-order valence-electron chi connectivity index (χ0n) is 19.5. The van der Waals surface area contributed by atoms with Gasteiger partial charge in [-0.25, -0.2) is 9.97 Å². The van der Waals surface area contributed by atoms with Gasteiger partial charge in [0.2, 0.25) is 5.91 Å². The second kappa shape index (κ2) is 9.11. The Morgan fingerprint density at radius 1 is 1.03 bits per heavy atom. The van der Waals surface area contributed by atoms with Crippen LogP contribution in [0, 0.1) is 0 Å². The summed E-state index contributed by atoms with van der Waals surface area (Å²) in [6, 6.07) is 18.7. The van der Waals surface area contributed by atoms with Gasteiger partial charge < -0.3 is 20.5 Å². The second-order valence-corrected chi connectivity index (χ2v) is 8.78. The van der Waals surface area contributed by atoms with Gasteiger partial charge in [-0.1, -0.05) is 36.4 Å². The summed E-state index contributed by atoms with van der Waals surface area (Å²) in [4.78, 5) is 28.8. The maximum absolute atomic E-state index is 11.5. The average Bonchev–Trinajstić information content (AvgIpc) is 3.29. The molecule has 0 atom stereocenters. The van der Waals surface area contributed by atoms with Gasteiger partial charge in [-0.3, -0.25) is 4.79 Å². The van der Waals surface area contributed by atoms with Crippen molar-refractivity contribution < 1.29 is 4.79 Å². The van der Waals surface area contributed by atoms with Crippen molar-refractivity contribution >= 4 is 28.2 Å².